The Morgan fingerprint density at radius 1 is 1.24 bits per heavy atom. The molecule has 25 heavy (non-hydrogen) atoms. The van der Waals surface area contributed by atoms with Crippen molar-refractivity contribution in [1.29, 1.82) is 0 Å². The fourth-order valence-corrected chi connectivity index (χ4v) is 3.31. The molecule has 3 rings (SSSR count). The number of quaternary nitrogens is 1. The predicted molar refractivity (Wildman–Crippen MR) is 94.2 cm³/mol. The van der Waals surface area contributed by atoms with Gasteiger partial charge in [0.15, 0.2) is 0 Å². The maximum Gasteiger partial charge on any atom is 0.356 e. The van der Waals surface area contributed by atoms with Crippen LogP contribution in [0.5, 0.6) is 5.75 Å². The minimum absolute atomic E-state index is 0.0960. The molecule has 1 aliphatic rings. The fourth-order valence-electron chi connectivity index (χ4n) is 3.31. The Morgan fingerprint density at radius 2 is 2.00 bits per heavy atom. The van der Waals surface area contributed by atoms with Gasteiger partial charge in [0.25, 0.3) is 0 Å². The van der Waals surface area contributed by atoms with Crippen LogP contribution in [0.25, 0.3) is 10.9 Å². The van der Waals surface area contributed by atoms with Crippen molar-refractivity contribution in [3.63, 3.8) is 0 Å². The van der Waals surface area contributed by atoms with Crippen molar-refractivity contribution in [3.8, 4) is 5.75 Å². The van der Waals surface area contributed by atoms with Crippen molar-refractivity contribution < 1.29 is 24.0 Å². The van der Waals surface area contributed by atoms with E-state index in [9.17, 15) is 9.59 Å². The molecule has 1 amide bonds. The number of carbonyl (C=O) groups excluding carboxylic acids is 2. The number of hydrogen-bond donors (Lipinski definition) is 3. The topological polar surface area (TPSA) is 84.9 Å². The first-order valence-electron chi connectivity index (χ1n) is 8.54. The lowest BCUT2D eigenvalue weighted by atomic mass is 10.2. The van der Waals surface area contributed by atoms with E-state index in [-0.39, 0.29) is 11.6 Å². The second-order valence-electron chi connectivity index (χ2n) is 6.28. The largest absolute Gasteiger partial charge is 0.497 e. The first kappa shape index (κ1) is 17.3. The van der Waals surface area contributed by atoms with E-state index in [1.54, 1.807) is 19.2 Å². The van der Waals surface area contributed by atoms with Gasteiger partial charge in [-0.15, -0.1) is 0 Å². The molecule has 2 aromatic rings. The molecule has 2 heterocycles. The molecule has 1 fully saturated rings. The highest BCUT2D eigenvalue weighted by atomic mass is 16.5. The zero-order chi connectivity index (χ0) is 17.8. The Bertz CT molecular complexity index is 778. The molecule has 0 bridgehead atoms. The molecule has 0 saturated carbocycles. The number of amides is 1. The molecule has 7 heteroatoms. The van der Waals surface area contributed by atoms with Gasteiger partial charge in [0.1, 0.15) is 11.4 Å². The Kier molecular flexibility index (Phi) is 5.23. The number of aromatic amines is 1. The molecule has 1 saturated heterocycles. The molecule has 0 radical (unpaired) electrons. The highest BCUT2D eigenvalue weighted by Gasteiger charge is 2.22. The van der Waals surface area contributed by atoms with Crippen molar-refractivity contribution in [2.45, 2.75) is 19.3 Å². The van der Waals surface area contributed by atoms with Crippen LogP contribution in [0.3, 0.4) is 0 Å². The third kappa shape index (κ3) is 3.76. The van der Waals surface area contributed by atoms with Crippen LogP contribution >= 0.6 is 0 Å². The summed E-state index contributed by atoms with van der Waals surface area (Å²) in [6.45, 7) is 3.08. The molecule has 0 atom stereocenters. The average molecular weight is 346 g/mol. The van der Waals surface area contributed by atoms with Crippen molar-refractivity contribution in [2.75, 3.05) is 39.2 Å². The van der Waals surface area contributed by atoms with E-state index in [1.165, 1.54) is 24.9 Å². The van der Waals surface area contributed by atoms with Gasteiger partial charge in [-0.3, -0.25) is 4.79 Å². The van der Waals surface area contributed by atoms with E-state index in [0.29, 0.717) is 23.4 Å². The molecule has 1 aromatic carbocycles. The van der Waals surface area contributed by atoms with Crippen LogP contribution in [0.1, 0.15) is 29.8 Å². The third-order valence-electron chi connectivity index (χ3n) is 4.68. The van der Waals surface area contributed by atoms with Gasteiger partial charge < -0.3 is 24.7 Å². The van der Waals surface area contributed by atoms with Crippen LogP contribution in [0.2, 0.25) is 0 Å². The minimum Gasteiger partial charge on any atom is -0.497 e. The van der Waals surface area contributed by atoms with E-state index in [2.05, 4.69) is 10.3 Å². The number of anilines is 1. The highest BCUT2D eigenvalue weighted by Crippen LogP contribution is 2.31. The summed E-state index contributed by atoms with van der Waals surface area (Å²) in [5, 5.41) is 3.64. The number of rotatable bonds is 6. The van der Waals surface area contributed by atoms with Crippen LogP contribution in [0.15, 0.2) is 18.2 Å². The number of likely N-dealkylation sites (tertiary alicyclic amines) is 1. The number of methoxy groups -OCH3 is 2. The number of nitrogens with one attached hydrogen (secondary N) is 3. The SMILES string of the molecule is COC(=O)c1[nH]c2cc(OC)ccc2c1NC(=O)CC[NH+]1CCCC1. The number of hydrogen-bond acceptors (Lipinski definition) is 4. The second-order valence-corrected chi connectivity index (χ2v) is 6.28. The van der Waals surface area contributed by atoms with Crippen LogP contribution < -0.4 is 15.0 Å². The highest BCUT2D eigenvalue weighted by molar-refractivity contribution is 6.11. The van der Waals surface area contributed by atoms with E-state index in [0.717, 1.165) is 25.0 Å². The van der Waals surface area contributed by atoms with E-state index in [1.807, 2.05) is 6.07 Å². The molecule has 3 N–H and O–H groups in total. The molecular formula is C18H24N3O4+. The summed E-state index contributed by atoms with van der Waals surface area (Å²) in [6.07, 6.45) is 2.89. The molecule has 7 nitrogen and oxygen atoms in total. The number of H-pyrrole nitrogens is 1. The van der Waals surface area contributed by atoms with Gasteiger partial charge in [-0.25, -0.2) is 4.79 Å². The summed E-state index contributed by atoms with van der Waals surface area (Å²) < 4.78 is 10.0. The summed E-state index contributed by atoms with van der Waals surface area (Å²) in [4.78, 5) is 28.9. The van der Waals surface area contributed by atoms with Crippen molar-refractivity contribution in [3.05, 3.63) is 23.9 Å². The molecule has 0 unspecified atom stereocenters. The molecule has 134 valence electrons. The lowest BCUT2D eigenvalue weighted by Crippen LogP contribution is -3.10. The number of aromatic nitrogens is 1. The van der Waals surface area contributed by atoms with Gasteiger partial charge in [0, 0.05) is 24.3 Å². The smallest absolute Gasteiger partial charge is 0.356 e. The summed E-state index contributed by atoms with van der Waals surface area (Å²) in [5.74, 6) is 0.0533. The number of carbonyl (C=O) groups is 2. The molecular weight excluding hydrogens is 322 g/mol. The van der Waals surface area contributed by atoms with Gasteiger partial charge >= 0.3 is 5.97 Å². The Morgan fingerprint density at radius 3 is 2.68 bits per heavy atom. The zero-order valence-electron chi connectivity index (χ0n) is 14.6. The van der Waals surface area contributed by atoms with E-state index < -0.39 is 5.97 Å². The molecule has 0 aliphatic carbocycles. The Labute approximate surface area is 146 Å². The van der Waals surface area contributed by atoms with Gasteiger partial charge in [0.05, 0.1) is 51.5 Å². The monoisotopic (exact) mass is 346 g/mol. The van der Waals surface area contributed by atoms with Gasteiger partial charge in [-0.1, -0.05) is 0 Å². The first-order valence-corrected chi connectivity index (χ1v) is 8.54. The van der Waals surface area contributed by atoms with Crippen LogP contribution in [-0.2, 0) is 9.53 Å². The van der Waals surface area contributed by atoms with E-state index >= 15 is 0 Å². The van der Waals surface area contributed by atoms with Crippen molar-refractivity contribution >= 4 is 28.5 Å². The quantitative estimate of drug-likeness (QED) is 0.681. The standard InChI is InChI=1S/C18H23N3O4/c1-24-12-5-6-13-14(11-12)19-17(18(23)25-2)16(13)20-15(22)7-10-21-8-3-4-9-21/h5-6,11,19H,3-4,7-10H2,1-2H3,(H,20,22)/p+1. The summed E-state index contributed by atoms with van der Waals surface area (Å²) in [5.41, 5.74) is 1.42. The summed E-state index contributed by atoms with van der Waals surface area (Å²) in [6, 6.07) is 5.39. The normalized spacial score (nSPS) is 14.6. The fraction of sp³-hybridized carbons (Fsp3) is 0.444. The second kappa shape index (κ2) is 7.57. The predicted octanol–water partition coefficient (Wildman–Crippen LogP) is 0.970. The van der Waals surface area contributed by atoms with Crippen molar-refractivity contribution in [1.82, 2.24) is 4.98 Å². The van der Waals surface area contributed by atoms with Gasteiger partial charge in [-0.2, -0.15) is 0 Å². The lowest BCUT2D eigenvalue weighted by Gasteiger charge is -2.12. The maximum absolute atomic E-state index is 12.4. The average Bonchev–Trinajstić information content (AvgIpc) is 3.27. The number of esters is 1. The Hall–Kier alpha value is -2.54. The van der Waals surface area contributed by atoms with Crippen molar-refractivity contribution in [2.24, 2.45) is 0 Å². The number of ether oxygens (including phenoxy) is 2. The summed E-state index contributed by atoms with van der Waals surface area (Å²) >= 11 is 0. The molecule has 1 aliphatic heterocycles. The van der Waals surface area contributed by atoms with Crippen LogP contribution in [0, 0.1) is 0 Å². The lowest BCUT2D eigenvalue weighted by molar-refractivity contribution is -0.886. The maximum atomic E-state index is 12.4. The molecule has 1 aromatic heterocycles. The van der Waals surface area contributed by atoms with Crippen LogP contribution in [0.4, 0.5) is 5.69 Å². The third-order valence-corrected chi connectivity index (χ3v) is 4.68. The van der Waals surface area contributed by atoms with Gasteiger partial charge in [-0.05, 0) is 12.1 Å². The Balaban J connectivity index is 1.82. The number of benzene rings is 1. The summed E-state index contributed by atoms with van der Waals surface area (Å²) in [7, 11) is 2.89. The minimum atomic E-state index is -0.518. The van der Waals surface area contributed by atoms with E-state index in [4.69, 9.17) is 9.47 Å². The molecule has 0 spiro atoms. The first-order chi connectivity index (χ1) is 12.1. The van der Waals surface area contributed by atoms with Gasteiger partial charge in [0.2, 0.25) is 5.91 Å². The number of fused-ring (bicyclic) bond motifs is 1. The van der Waals surface area contributed by atoms with Crippen LogP contribution in [-0.4, -0.2) is 50.7 Å². The zero-order valence-corrected chi connectivity index (χ0v) is 14.6.